The standard InChI is InChI=1S/C26H29ClN8O2S/c1-2-17-22(27)21-23(31-17)32-26(33-24(21)35-8-6-14(29)12-35)38-15-3-4-16-18(9-15)30-19(25(36)37)10-20(16)34-7-5-13(28)11-34/h3-4,9-10,13-14H,2,5-8,11-12,28-29H2,1H3,(H,36,37)(H,31,32,33)/t13?,14-/m1/s1. The molecule has 1 unspecified atom stereocenters. The van der Waals surface area contributed by atoms with E-state index in [9.17, 15) is 9.90 Å². The Morgan fingerprint density at radius 1 is 1.13 bits per heavy atom. The highest BCUT2D eigenvalue weighted by atomic mass is 35.5. The number of carboxylic acids is 1. The maximum absolute atomic E-state index is 11.9. The molecule has 2 fully saturated rings. The largest absolute Gasteiger partial charge is 0.477 e. The molecule has 0 bridgehead atoms. The molecule has 0 spiro atoms. The number of fused-ring (bicyclic) bond motifs is 2. The zero-order valence-corrected chi connectivity index (χ0v) is 22.5. The smallest absolute Gasteiger partial charge is 0.354 e. The maximum atomic E-state index is 11.9. The van der Waals surface area contributed by atoms with Crippen molar-refractivity contribution in [2.75, 3.05) is 36.0 Å². The summed E-state index contributed by atoms with van der Waals surface area (Å²) in [6.07, 6.45) is 2.51. The second kappa shape index (κ2) is 9.88. The fraction of sp³-hybridized carbons (Fsp3) is 0.385. The number of aromatic amines is 1. The summed E-state index contributed by atoms with van der Waals surface area (Å²) in [7, 11) is 0. The van der Waals surface area contributed by atoms with Crippen LogP contribution in [0.15, 0.2) is 34.3 Å². The van der Waals surface area contributed by atoms with Gasteiger partial charge in [-0.05, 0) is 55.3 Å². The number of aromatic carboxylic acids is 1. The number of nitrogens with two attached hydrogens (primary N) is 2. The lowest BCUT2D eigenvalue weighted by Crippen LogP contribution is -2.27. The van der Waals surface area contributed by atoms with E-state index in [1.54, 1.807) is 6.07 Å². The Kier molecular flexibility index (Phi) is 6.55. The van der Waals surface area contributed by atoms with Crippen LogP contribution in [0.5, 0.6) is 0 Å². The van der Waals surface area contributed by atoms with Crippen molar-refractivity contribution in [3.8, 4) is 0 Å². The Balaban J connectivity index is 1.41. The van der Waals surface area contributed by atoms with Gasteiger partial charge < -0.3 is 31.4 Å². The van der Waals surface area contributed by atoms with Gasteiger partial charge in [0.2, 0.25) is 0 Å². The molecule has 6 N–H and O–H groups in total. The lowest BCUT2D eigenvalue weighted by Gasteiger charge is -2.21. The maximum Gasteiger partial charge on any atom is 0.354 e. The van der Waals surface area contributed by atoms with Gasteiger partial charge in [-0.25, -0.2) is 19.7 Å². The van der Waals surface area contributed by atoms with Gasteiger partial charge in [-0.3, -0.25) is 0 Å². The first kappa shape index (κ1) is 25.2. The number of benzene rings is 1. The van der Waals surface area contributed by atoms with Gasteiger partial charge in [0.05, 0.1) is 15.9 Å². The van der Waals surface area contributed by atoms with Gasteiger partial charge in [0.25, 0.3) is 0 Å². The quantitative estimate of drug-likeness (QED) is 0.261. The Labute approximate surface area is 228 Å². The van der Waals surface area contributed by atoms with Gasteiger partial charge >= 0.3 is 5.97 Å². The number of aryl methyl sites for hydroxylation is 1. The number of carboxylic acid groups (broad SMARTS) is 1. The van der Waals surface area contributed by atoms with Crippen molar-refractivity contribution in [1.29, 1.82) is 0 Å². The lowest BCUT2D eigenvalue weighted by molar-refractivity contribution is 0.0691. The zero-order valence-electron chi connectivity index (χ0n) is 20.9. The first-order chi connectivity index (χ1) is 18.3. The van der Waals surface area contributed by atoms with Gasteiger partial charge in [-0.1, -0.05) is 18.5 Å². The number of anilines is 2. The molecule has 12 heteroatoms. The molecule has 0 amide bonds. The van der Waals surface area contributed by atoms with Crippen LogP contribution in [0.3, 0.4) is 0 Å². The van der Waals surface area contributed by atoms with E-state index >= 15 is 0 Å². The molecule has 2 saturated heterocycles. The number of nitrogens with one attached hydrogen (secondary N) is 1. The van der Waals surface area contributed by atoms with Gasteiger partial charge in [0, 0.05) is 59.9 Å². The number of pyridine rings is 1. The van der Waals surface area contributed by atoms with Crippen LogP contribution in [0.4, 0.5) is 11.5 Å². The predicted octanol–water partition coefficient (Wildman–Crippen LogP) is 3.65. The molecule has 1 aromatic carbocycles. The molecule has 2 aliphatic rings. The molecule has 4 aromatic rings. The minimum atomic E-state index is -1.06. The molecular formula is C26H29ClN8O2S. The van der Waals surface area contributed by atoms with Crippen molar-refractivity contribution in [3.63, 3.8) is 0 Å². The van der Waals surface area contributed by atoms with E-state index in [2.05, 4.69) is 19.8 Å². The molecule has 2 atom stereocenters. The third-order valence-electron chi connectivity index (χ3n) is 7.25. The van der Waals surface area contributed by atoms with Crippen LogP contribution < -0.4 is 21.3 Å². The van der Waals surface area contributed by atoms with Gasteiger partial charge in [0.15, 0.2) is 10.9 Å². The van der Waals surface area contributed by atoms with Crippen LogP contribution in [0.1, 0.15) is 35.9 Å². The summed E-state index contributed by atoms with van der Waals surface area (Å²) < 4.78 is 0. The Morgan fingerprint density at radius 3 is 2.53 bits per heavy atom. The van der Waals surface area contributed by atoms with Crippen LogP contribution in [0.25, 0.3) is 21.9 Å². The monoisotopic (exact) mass is 552 g/mol. The Bertz CT molecular complexity index is 1560. The first-order valence-corrected chi connectivity index (χ1v) is 13.9. The first-order valence-electron chi connectivity index (χ1n) is 12.8. The fourth-order valence-corrected chi connectivity index (χ4v) is 6.45. The molecule has 5 heterocycles. The topological polar surface area (TPSA) is 150 Å². The molecule has 2 aliphatic heterocycles. The molecular weight excluding hydrogens is 524 g/mol. The van der Waals surface area contributed by atoms with Gasteiger partial charge in [-0.2, -0.15) is 0 Å². The zero-order chi connectivity index (χ0) is 26.6. The van der Waals surface area contributed by atoms with Crippen molar-refractivity contribution in [1.82, 2.24) is 19.9 Å². The van der Waals surface area contributed by atoms with E-state index in [1.807, 2.05) is 25.1 Å². The highest BCUT2D eigenvalue weighted by Crippen LogP contribution is 2.39. The minimum absolute atomic E-state index is 0.00794. The van der Waals surface area contributed by atoms with Crippen molar-refractivity contribution >= 4 is 62.8 Å². The molecule has 198 valence electrons. The van der Waals surface area contributed by atoms with E-state index < -0.39 is 5.97 Å². The minimum Gasteiger partial charge on any atom is -0.477 e. The van der Waals surface area contributed by atoms with E-state index in [-0.39, 0.29) is 17.8 Å². The number of hydrogen-bond donors (Lipinski definition) is 4. The van der Waals surface area contributed by atoms with Crippen molar-refractivity contribution < 1.29 is 9.90 Å². The molecule has 0 aliphatic carbocycles. The van der Waals surface area contributed by atoms with Crippen LogP contribution in [-0.2, 0) is 6.42 Å². The van der Waals surface area contributed by atoms with Crippen LogP contribution >= 0.6 is 23.4 Å². The van der Waals surface area contributed by atoms with Crippen LogP contribution in [0.2, 0.25) is 5.02 Å². The third kappa shape index (κ3) is 4.53. The summed E-state index contributed by atoms with van der Waals surface area (Å²) in [5, 5.41) is 12.6. The van der Waals surface area contributed by atoms with Crippen LogP contribution in [-0.4, -0.2) is 69.3 Å². The van der Waals surface area contributed by atoms with Gasteiger partial charge in [0.1, 0.15) is 11.5 Å². The van der Waals surface area contributed by atoms with E-state index in [0.717, 1.165) is 65.2 Å². The summed E-state index contributed by atoms with van der Waals surface area (Å²) in [6.45, 7) is 5.03. The fourth-order valence-electron chi connectivity index (χ4n) is 5.30. The number of rotatable bonds is 6. The number of H-pyrrole nitrogens is 1. The predicted molar refractivity (Wildman–Crippen MR) is 151 cm³/mol. The molecule has 6 rings (SSSR count). The summed E-state index contributed by atoms with van der Waals surface area (Å²) in [5.41, 5.74) is 15.4. The summed E-state index contributed by atoms with van der Waals surface area (Å²) in [6, 6.07) is 7.67. The number of halogens is 1. The highest BCUT2D eigenvalue weighted by molar-refractivity contribution is 7.99. The van der Waals surface area contributed by atoms with Crippen molar-refractivity contribution in [3.05, 3.63) is 40.7 Å². The summed E-state index contributed by atoms with van der Waals surface area (Å²) in [5.74, 6) is -0.279. The van der Waals surface area contributed by atoms with E-state index in [4.69, 9.17) is 33.0 Å². The lowest BCUT2D eigenvalue weighted by atomic mass is 10.1. The van der Waals surface area contributed by atoms with E-state index in [1.165, 1.54) is 11.8 Å². The van der Waals surface area contributed by atoms with Crippen molar-refractivity contribution in [2.45, 2.75) is 48.3 Å². The second-order valence-corrected chi connectivity index (χ2v) is 11.3. The molecule has 0 saturated carbocycles. The SMILES string of the molecule is CCc1[nH]c2nc(Sc3ccc4c(N5CCC(N)C5)cc(C(=O)O)nc4c3)nc(N3CC[C@@H](N)C3)c2c1Cl. The third-order valence-corrected chi connectivity index (χ3v) is 8.53. The number of aromatic nitrogens is 4. The van der Waals surface area contributed by atoms with Crippen molar-refractivity contribution in [2.24, 2.45) is 11.5 Å². The Morgan fingerprint density at radius 2 is 1.87 bits per heavy atom. The average molecular weight is 553 g/mol. The van der Waals surface area contributed by atoms with Gasteiger partial charge in [-0.15, -0.1) is 0 Å². The Hall–Kier alpha value is -3.12. The highest BCUT2D eigenvalue weighted by Gasteiger charge is 2.27. The molecule has 38 heavy (non-hydrogen) atoms. The molecule has 10 nitrogen and oxygen atoms in total. The second-order valence-electron chi connectivity index (χ2n) is 9.93. The average Bonchev–Trinajstić information content (AvgIpc) is 3.61. The number of carbonyl (C=O) groups is 1. The molecule has 3 aromatic heterocycles. The van der Waals surface area contributed by atoms with E-state index in [0.29, 0.717) is 34.4 Å². The summed E-state index contributed by atoms with van der Waals surface area (Å²) >= 11 is 8.13. The normalized spacial score (nSPS) is 19.8. The number of hydrogen-bond acceptors (Lipinski definition) is 9. The van der Waals surface area contributed by atoms with Crippen LogP contribution in [0, 0.1) is 0 Å². The number of nitrogens with zero attached hydrogens (tertiary/aromatic N) is 5. The summed E-state index contributed by atoms with van der Waals surface area (Å²) in [4.78, 5) is 34.5. The molecule has 0 radical (unpaired) electrons.